The highest BCUT2D eigenvalue weighted by Gasteiger charge is 2.19. The first-order chi connectivity index (χ1) is 12.8. The molecule has 2 aromatic carbocycles. The van der Waals surface area contributed by atoms with Crippen LogP contribution in [0.1, 0.15) is 0 Å². The van der Waals surface area contributed by atoms with Crippen molar-refractivity contribution in [1.29, 1.82) is 0 Å². The van der Waals surface area contributed by atoms with E-state index < -0.39 is 0 Å². The zero-order chi connectivity index (χ0) is 17.9. The van der Waals surface area contributed by atoms with Crippen molar-refractivity contribution in [3.05, 3.63) is 85.2 Å². The third-order valence-electron chi connectivity index (χ3n) is 4.32. The number of aromatic nitrogens is 2. The van der Waals surface area contributed by atoms with Crippen LogP contribution < -0.4 is 11.5 Å². The molecule has 26 heavy (non-hydrogen) atoms. The van der Waals surface area contributed by atoms with Crippen molar-refractivity contribution in [2.75, 3.05) is 11.5 Å². The molecule has 0 saturated carbocycles. The van der Waals surface area contributed by atoms with Gasteiger partial charge in [-0.2, -0.15) is 0 Å². The van der Waals surface area contributed by atoms with Gasteiger partial charge in [0.15, 0.2) is 0 Å². The summed E-state index contributed by atoms with van der Waals surface area (Å²) in [6.07, 6.45) is 3.53. The maximum Gasteiger partial charge on any atom is 0.0960 e. The van der Waals surface area contributed by atoms with Crippen molar-refractivity contribution in [3.8, 4) is 33.6 Å². The number of rotatable bonds is 3. The van der Waals surface area contributed by atoms with E-state index in [1.807, 2.05) is 72.8 Å². The van der Waals surface area contributed by atoms with E-state index in [1.165, 1.54) is 0 Å². The van der Waals surface area contributed by atoms with E-state index in [1.54, 1.807) is 12.4 Å². The second-order valence-electron chi connectivity index (χ2n) is 5.99. The molecule has 0 radical (unpaired) electrons. The predicted molar refractivity (Wildman–Crippen MR) is 107 cm³/mol. The van der Waals surface area contributed by atoms with Crippen molar-refractivity contribution in [2.24, 2.45) is 0 Å². The lowest BCUT2D eigenvalue weighted by Gasteiger charge is -2.17. The Labute approximate surface area is 152 Å². The molecule has 0 fully saturated rings. The molecule has 0 spiro atoms. The summed E-state index contributed by atoms with van der Waals surface area (Å²) in [7, 11) is 0. The van der Waals surface area contributed by atoms with Crippen molar-refractivity contribution < 1.29 is 0 Å². The Morgan fingerprint density at radius 1 is 0.577 bits per heavy atom. The first kappa shape index (κ1) is 15.8. The molecule has 4 N–H and O–H groups in total. The standard InChI is InChI=1S/C22H18N4/c23-19-18(15-8-3-1-4-9-15)21(17-12-7-13-25-14-17)26-22(20(19)24)16-10-5-2-6-11-16/h1-14H,24H2,(H2,23,26). The highest BCUT2D eigenvalue weighted by molar-refractivity contribution is 5.98. The van der Waals surface area contributed by atoms with Gasteiger partial charge in [-0.05, 0) is 17.7 Å². The molecule has 0 amide bonds. The average molecular weight is 338 g/mol. The molecule has 2 heterocycles. The predicted octanol–water partition coefficient (Wildman–Crippen LogP) is 4.64. The molecular weight excluding hydrogens is 320 g/mol. The Hall–Kier alpha value is -3.66. The molecule has 0 unspecified atom stereocenters. The number of benzene rings is 2. The summed E-state index contributed by atoms with van der Waals surface area (Å²) in [6.45, 7) is 0. The Balaban J connectivity index is 2.05. The van der Waals surface area contributed by atoms with Crippen LogP contribution in [0.3, 0.4) is 0 Å². The number of anilines is 2. The molecule has 4 heteroatoms. The quantitative estimate of drug-likeness (QED) is 0.570. The number of hydrogen-bond acceptors (Lipinski definition) is 4. The zero-order valence-electron chi connectivity index (χ0n) is 14.1. The summed E-state index contributed by atoms with van der Waals surface area (Å²) < 4.78 is 0. The fourth-order valence-corrected chi connectivity index (χ4v) is 3.04. The first-order valence-corrected chi connectivity index (χ1v) is 8.36. The van der Waals surface area contributed by atoms with Crippen LogP contribution in [0.4, 0.5) is 11.4 Å². The Bertz CT molecular complexity index is 1030. The van der Waals surface area contributed by atoms with Crippen LogP contribution in [0.5, 0.6) is 0 Å². The Kier molecular flexibility index (Phi) is 4.07. The molecule has 4 rings (SSSR count). The van der Waals surface area contributed by atoms with E-state index in [9.17, 15) is 0 Å². The lowest BCUT2D eigenvalue weighted by molar-refractivity contribution is 1.28. The van der Waals surface area contributed by atoms with Gasteiger partial charge in [-0.15, -0.1) is 0 Å². The van der Waals surface area contributed by atoms with E-state index in [2.05, 4.69) is 4.98 Å². The molecular formula is C22H18N4. The number of nitrogen functional groups attached to an aromatic ring is 2. The highest BCUT2D eigenvalue weighted by atomic mass is 14.8. The normalized spacial score (nSPS) is 10.6. The number of nitrogens with two attached hydrogens (primary N) is 2. The molecule has 0 bridgehead atoms. The van der Waals surface area contributed by atoms with E-state index >= 15 is 0 Å². The summed E-state index contributed by atoms with van der Waals surface area (Å²) in [5.74, 6) is 0. The summed E-state index contributed by atoms with van der Waals surface area (Å²) in [5.41, 5.74) is 19.0. The SMILES string of the molecule is Nc1c(-c2ccccc2)nc(-c2cccnc2)c(-c2ccccc2)c1N. The molecule has 0 atom stereocenters. The monoisotopic (exact) mass is 338 g/mol. The lowest BCUT2D eigenvalue weighted by atomic mass is 9.95. The van der Waals surface area contributed by atoms with E-state index in [-0.39, 0.29) is 0 Å². The summed E-state index contributed by atoms with van der Waals surface area (Å²) in [5, 5.41) is 0. The smallest absolute Gasteiger partial charge is 0.0960 e. The van der Waals surface area contributed by atoms with Gasteiger partial charge in [0, 0.05) is 29.1 Å². The van der Waals surface area contributed by atoms with E-state index in [0.717, 1.165) is 27.9 Å². The van der Waals surface area contributed by atoms with E-state index in [4.69, 9.17) is 16.5 Å². The van der Waals surface area contributed by atoms with Gasteiger partial charge < -0.3 is 11.5 Å². The third kappa shape index (κ3) is 2.78. The second-order valence-corrected chi connectivity index (χ2v) is 5.99. The Morgan fingerprint density at radius 3 is 1.81 bits per heavy atom. The highest BCUT2D eigenvalue weighted by Crippen LogP contribution is 2.42. The van der Waals surface area contributed by atoms with Gasteiger partial charge in [-0.1, -0.05) is 60.7 Å². The molecule has 4 aromatic rings. The summed E-state index contributed by atoms with van der Waals surface area (Å²) >= 11 is 0. The summed E-state index contributed by atoms with van der Waals surface area (Å²) in [6, 6.07) is 23.6. The number of nitrogens with zero attached hydrogens (tertiary/aromatic N) is 2. The Morgan fingerprint density at radius 2 is 1.19 bits per heavy atom. The largest absolute Gasteiger partial charge is 0.396 e. The van der Waals surface area contributed by atoms with Crippen LogP contribution in [-0.4, -0.2) is 9.97 Å². The third-order valence-corrected chi connectivity index (χ3v) is 4.32. The minimum absolute atomic E-state index is 0.489. The van der Waals surface area contributed by atoms with Crippen LogP contribution in [0.15, 0.2) is 85.2 Å². The van der Waals surface area contributed by atoms with Crippen molar-refractivity contribution in [1.82, 2.24) is 9.97 Å². The fourth-order valence-electron chi connectivity index (χ4n) is 3.04. The van der Waals surface area contributed by atoms with Crippen molar-refractivity contribution in [3.63, 3.8) is 0 Å². The topological polar surface area (TPSA) is 77.8 Å². The maximum absolute atomic E-state index is 6.51. The van der Waals surface area contributed by atoms with Gasteiger partial charge in [0.2, 0.25) is 0 Å². The maximum atomic E-state index is 6.51. The van der Waals surface area contributed by atoms with Gasteiger partial charge in [0.05, 0.1) is 22.8 Å². The minimum atomic E-state index is 0.489. The van der Waals surface area contributed by atoms with Crippen molar-refractivity contribution in [2.45, 2.75) is 0 Å². The molecule has 0 aliphatic rings. The lowest BCUT2D eigenvalue weighted by Crippen LogP contribution is -2.05. The number of pyridine rings is 2. The van der Waals surface area contributed by atoms with Crippen LogP contribution in [0, 0.1) is 0 Å². The van der Waals surface area contributed by atoms with Crippen LogP contribution >= 0.6 is 0 Å². The molecule has 2 aromatic heterocycles. The van der Waals surface area contributed by atoms with Gasteiger partial charge in [-0.25, -0.2) is 4.98 Å². The van der Waals surface area contributed by atoms with Gasteiger partial charge in [0.25, 0.3) is 0 Å². The second kappa shape index (κ2) is 6.69. The fraction of sp³-hybridized carbons (Fsp3) is 0. The van der Waals surface area contributed by atoms with Gasteiger partial charge in [0.1, 0.15) is 0 Å². The van der Waals surface area contributed by atoms with E-state index in [0.29, 0.717) is 17.1 Å². The van der Waals surface area contributed by atoms with Crippen molar-refractivity contribution >= 4 is 11.4 Å². The van der Waals surface area contributed by atoms with Gasteiger partial charge >= 0.3 is 0 Å². The van der Waals surface area contributed by atoms with Crippen LogP contribution in [0.2, 0.25) is 0 Å². The number of hydrogen-bond donors (Lipinski definition) is 2. The molecule has 0 saturated heterocycles. The average Bonchev–Trinajstić information content (AvgIpc) is 2.72. The van der Waals surface area contributed by atoms with Crippen LogP contribution in [0.25, 0.3) is 33.6 Å². The molecule has 0 aliphatic carbocycles. The molecule has 0 aliphatic heterocycles. The van der Waals surface area contributed by atoms with Crippen LogP contribution in [-0.2, 0) is 0 Å². The molecule has 126 valence electrons. The summed E-state index contributed by atoms with van der Waals surface area (Å²) in [4.78, 5) is 9.14. The van der Waals surface area contributed by atoms with Gasteiger partial charge in [-0.3, -0.25) is 4.98 Å². The zero-order valence-corrected chi connectivity index (χ0v) is 14.1. The first-order valence-electron chi connectivity index (χ1n) is 8.36. The molecule has 4 nitrogen and oxygen atoms in total. The minimum Gasteiger partial charge on any atom is -0.396 e.